The van der Waals surface area contributed by atoms with Crippen LogP contribution in [0, 0.1) is 3.57 Å². The molecule has 1 aromatic heterocycles. The predicted molar refractivity (Wildman–Crippen MR) is 98.0 cm³/mol. The Bertz CT molecular complexity index is 748. The van der Waals surface area contributed by atoms with E-state index in [1.165, 1.54) is 9.13 Å². The summed E-state index contributed by atoms with van der Waals surface area (Å²) in [5, 5.41) is 4.60. The van der Waals surface area contributed by atoms with Gasteiger partial charge in [-0.1, -0.05) is 40.2 Å². The van der Waals surface area contributed by atoms with Gasteiger partial charge in [0.25, 0.3) is 0 Å². The first kappa shape index (κ1) is 14.6. The smallest absolute Gasteiger partial charge is 0.115 e. The minimum absolute atomic E-state index is 0.702. The van der Waals surface area contributed by atoms with Crippen LogP contribution in [0.15, 0.2) is 59.2 Å². The minimum atomic E-state index is 0.702. The lowest BCUT2D eigenvalue weighted by Crippen LogP contribution is -2.00. The zero-order valence-corrected chi connectivity index (χ0v) is 14.9. The van der Waals surface area contributed by atoms with Crippen molar-refractivity contribution < 1.29 is 0 Å². The molecule has 0 unspecified atom stereocenters. The number of rotatable bonds is 3. The minimum Gasteiger partial charge on any atom is -0.396 e. The first-order valence-corrected chi connectivity index (χ1v) is 8.32. The highest BCUT2D eigenvalue weighted by atomic mass is 127. The van der Waals surface area contributed by atoms with Gasteiger partial charge in [-0.15, -0.1) is 0 Å². The highest BCUT2D eigenvalue weighted by Crippen LogP contribution is 2.25. The molecule has 0 saturated heterocycles. The monoisotopic (exact) mass is 453 g/mol. The van der Waals surface area contributed by atoms with Crippen LogP contribution in [0.3, 0.4) is 0 Å². The van der Waals surface area contributed by atoms with Gasteiger partial charge in [-0.25, -0.2) is 0 Å². The Morgan fingerprint density at radius 3 is 2.38 bits per heavy atom. The van der Waals surface area contributed by atoms with Crippen molar-refractivity contribution in [2.45, 2.75) is 6.54 Å². The fraction of sp³-hybridized carbons (Fsp3) is 0.0625. The van der Waals surface area contributed by atoms with E-state index in [4.69, 9.17) is 5.73 Å². The molecule has 0 saturated carbocycles. The summed E-state index contributed by atoms with van der Waals surface area (Å²) >= 11 is 5.73. The first-order chi connectivity index (χ1) is 10.1. The van der Waals surface area contributed by atoms with Gasteiger partial charge in [-0.2, -0.15) is 5.10 Å². The Kier molecular flexibility index (Phi) is 4.30. The van der Waals surface area contributed by atoms with Gasteiger partial charge < -0.3 is 5.73 Å². The number of benzene rings is 2. The standard InChI is InChI=1S/C16H13BrIN3/c17-13-5-1-11(2-6-13)9-21-10-15(19)16(20-21)12-3-7-14(18)8-4-12/h1-8,10H,9,19H2. The van der Waals surface area contributed by atoms with E-state index < -0.39 is 0 Å². The molecule has 0 aliphatic carbocycles. The maximum Gasteiger partial charge on any atom is 0.115 e. The zero-order chi connectivity index (χ0) is 14.8. The van der Waals surface area contributed by atoms with Crippen molar-refractivity contribution in [3.63, 3.8) is 0 Å². The second-order valence-corrected chi connectivity index (χ2v) is 6.93. The topological polar surface area (TPSA) is 43.8 Å². The molecule has 0 aliphatic rings. The fourth-order valence-electron chi connectivity index (χ4n) is 2.13. The highest BCUT2D eigenvalue weighted by molar-refractivity contribution is 14.1. The molecule has 106 valence electrons. The number of anilines is 1. The zero-order valence-electron chi connectivity index (χ0n) is 11.1. The molecule has 0 atom stereocenters. The van der Waals surface area contributed by atoms with Crippen LogP contribution in [0.25, 0.3) is 11.3 Å². The van der Waals surface area contributed by atoms with E-state index in [-0.39, 0.29) is 0 Å². The number of nitrogen functional groups attached to an aromatic ring is 1. The Balaban J connectivity index is 1.87. The molecule has 5 heteroatoms. The summed E-state index contributed by atoms with van der Waals surface area (Å²) in [6, 6.07) is 16.4. The molecule has 0 radical (unpaired) electrons. The Morgan fingerprint density at radius 2 is 1.71 bits per heavy atom. The second kappa shape index (κ2) is 6.19. The van der Waals surface area contributed by atoms with Crippen molar-refractivity contribution in [3.05, 3.63) is 68.3 Å². The molecular formula is C16H13BrIN3. The van der Waals surface area contributed by atoms with E-state index in [0.29, 0.717) is 12.2 Å². The van der Waals surface area contributed by atoms with E-state index in [1.54, 1.807) is 0 Å². The SMILES string of the molecule is Nc1cn(Cc2ccc(Br)cc2)nc1-c1ccc(I)cc1. The summed E-state index contributed by atoms with van der Waals surface area (Å²) < 4.78 is 4.15. The van der Waals surface area contributed by atoms with E-state index >= 15 is 0 Å². The van der Waals surface area contributed by atoms with Gasteiger partial charge in [-0.05, 0) is 52.4 Å². The quantitative estimate of drug-likeness (QED) is 0.591. The van der Waals surface area contributed by atoms with Crippen LogP contribution >= 0.6 is 38.5 Å². The Hall–Kier alpha value is -1.34. The lowest BCUT2D eigenvalue weighted by atomic mass is 10.1. The molecule has 2 aromatic carbocycles. The molecule has 0 amide bonds. The molecule has 3 rings (SSSR count). The normalized spacial score (nSPS) is 10.8. The molecular weight excluding hydrogens is 441 g/mol. The predicted octanol–water partition coefficient (Wildman–Crippen LogP) is 4.55. The van der Waals surface area contributed by atoms with Crippen LogP contribution in [0.1, 0.15) is 5.56 Å². The molecule has 3 nitrogen and oxygen atoms in total. The Morgan fingerprint density at radius 1 is 1.05 bits per heavy atom. The van der Waals surface area contributed by atoms with Crippen LogP contribution in [0.4, 0.5) is 5.69 Å². The molecule has 0 aliphatic heterocycles. The van der Waals surface area contributed by atoms with E-state index in [0.717, 1.165) is 15.7 Å². The molecule has 21 heavy (non-hydrogen) atoms. The van der Waals surface area contributed by atoms with Crippen LogP contribution in [0.5, 0.6) is 0 Å². The van der Waals surface area contributed by atoms with Crippen molar-refractivity contribution in [2.24, 2.45) is 0 Å². The maximum atomic E-state index is 6.10. The summed E-state index contributed by atoms with van der Waals surface area (Å²) in [5.74, 6) is 0. The summed E-state index contributed by atoms with van der Waals surface area (Å²) in [4.78, 5) is 0. The molecule has 3 aromatic rings. The van der Waals surface area contributed by atoms with Gasteiger partial charge in [-0.3, -0.25) is 4.68 Å². The number of hydrogen-bond acceptors (Lipinski definition) is 2. The van der Waals surface area contributed by atoms with E-state index in [2.05, 4.69) is 67.9 Å². The average Bonchev–Trinajstić information content (AvgIpc) is 2.83. The summed E-state index contributed by atoms with van der Waals surface area (Å²) in [5.41, 5.74) is 9.87. The summed E-state index contributed by atoms with van der Waals surface area (Å²) in [6.07, 6.45) is 1.88. The van der Waals surface area contributed by atoms with Crippen LogP contribution in [-0.4, -0.2) is 9.78 Å². The molecule has 2 N–H and O–H groups in total. The third kappa shape index (κ3) is 3.47. The molecule has 0 spiro atoms. The Labute approximate surface area is 145 Å². The number of nitrogens with two attached hydrogens (primary N) is 1. The van der Waals surface area contributed by atoms with Gasteiger partial charge in [0.15, 0.2) is 0 Å². The maximum absolute atomic E-state index is 6.10. The van der Waals surface area contributed by atoms with Crippen molar-refractivity contribution in [1.29, 1.82) is 0 Å². The fourth-order valence-corrected chi connectivity index (χ4v) is 2.75. The number of halogens is 2. The second-order valence-electron chi connectivity index (χ2n) is 4.76. The molecule has 0 fully saturated rings. The van der Waals surface area contributed by atoms with E-state index in [1.807, 2.05) is 35.1 Å². The van der Waals surface area contributed by atoms with Crippen molar-refractivity contribution >= 4 is 44.2 Å². The van der Waals surface area contributed by atoms with Gasteiger partial charge in [0, 0.05) is 19.8 Å². The third-order valence-corrected chi connectivity index (χ3v) is 4.41. The average molecular weight is 454 g/mol. The van der Waals surface area contributed by atoms with Gasteiger partial charge in [0.2, 0.25) is 0 Å². The number of nitrogens with zero attached hydrogens (tertiary/aromatic N) is 2. The van der Waals surface area contributed by atoms with Crippen LogP contribution in [-0.2, 0) is 6.54 Å². The lowest BCUT2D eigenvalue weighted by Gasteiger charge is -2.02. The first-order valence-electron chi connectivity index (χ1n) is 6.45. The molecule has 0 bridgehead atoms. The van der Waals surface area contributed by atoms with Crippen molar-refractivity contribution in [3.8, 4) is 11.3 Å². The van der Waals surface area contributed by atoms with Gasteiger partial charge in [0.1, 0.15) is 5.69 Å². The van der Waals surface area contributed by atoms with Crippen LogP contribution < -0.4 is 5.73 Å². The lowest BCUT2D eigenvalue weighted by molar-refractivity contribution is 0.689. The van der Waals surface area contributed by atoms with E-state index in [9.17, 15) is 0 Å². The highest BCUT2D eigenvalue weighted by Gasteiger charge is 2.08. The summed E-state index contributed by atoms with van der Waals surface area (Å²) in [6.45, 7) is 0.710. The number of hydrogen-bond donors (Lipinski definition) is 1. The van der Waals surface area contributed by atoms with Crippen molar-refractivity contribution in [1.82, 2.24) is 9.78 Å². The van der Waals surface area contributed by atoms with Gasteiger partial charge in [0.05, 0.1) is 12.2 Å². The third-order valence-electron chi connectivity index (χ3n) is 3.17. The van der Waals surface area contributed by atoms with Crippen LogP contribution in [0.2, 0.25) is 0 Å². The largest absolute Gasteiger partial charge is 0.396 e. The van der Waals surface area contributed by atoms with Gasteiger partial charge >= 0.3 is 0 Å². The summed E-state index contributed by atoms with van der Waals surface area (Å²) in [7, 11) is 0. The number of aromatic nitrogens is 2. The molecule has 1 heterocycles. The van der Waals surface area contributed by atoms with Crippen molar-refractivity contribution in [2.75, 3.05) is 5.73 Å².